The van der Waals surface area contributed by atoms with E-state index in [1.165, 1.54) is 7.11 Å². The summed E-state index contributed by atoms with van der Waals surface area (Å²) >= 11 is 1.60. The van der Waals surface area contributed by atoms with Crippen LogP contribution in [-0.2, 0) is 4.79 Å². The number of hydrogen-bond donors (Lipinski definition) is 1. The summed E-state index contributed by atoms with van der Waals surface area (Å²) in [5.41, 5.74) is 1.20. The standard InChI is InChI=1S/C17H17NO4S/c1-21-16-8-12(10-19)6-7-15(16)22-11-17(20)18-13-4-3-5-14(9-13)23-2/h3-10H,11H2,1-2H3,(H,18,20). The Balaban J connectivity index is 1.97. The van der Waals surface area contributed by atoms with Crippen molar-refractivity contribution >= 4 is 29.6 Å². The van der Waals surface area contributed by atoms with Gasteiger partial charge in [0.2, 0.25) is 0 Å². The number of aldehydes is 1. The fraction of sp³-hybridized carbons (Fsp3) is 0.176. The molecule has 0 spiro atoms. The van der Waals surface area contributed by atoms with Crippen LogP contribution in [0.4, 0.5) is 5.69 Å². The van der Waals surface area contributed by atoms with Crippen LogP contribution in [0.1, 0.15) is 10.4 Å². The van der Waals surface area contributed by atoms with Crippen molar-refractivity contribution in [2.24, 2.45) is 0 Å². The minimum absolute atomic E-state index is 0.152. The van der Waals surface area contributed by atoms with Crippen LogP contribution in [0, 0.1) is 0 Å². The second-order valence-corrected chi connectivity index (χ2v) is 5.48. The number of methoxy groups -OCH3 is 1. The van der Waals surface area contributed by atoms with Gasteiger partial charge in [0, 0.05) is 16.1 Å². The molecule has 0 fully saturated rings. The fourth-order valence-corrected chi connectivity index (χ4v) is 2.38. The number of nitrogens with one attached hydrogen (secondary N) is 1. The lowest BCUT2D eigenvalue weighted by atomic mass is 10.2. The zero-order valence-electron chi connectivity index (χ0n) is 12.9. The van der Waals surface area contributed by atoms with Gasteiger partial charge in [0.25, 0.3) is 5.91 Å². The number of thioether (sulfide) groups is 1. The molecule has 0 saturated heterocycles. The van der Waals surface area contributed by atoms with E-state index in [0.29, 0.717) is 22.7 Å². The van der Waals surface area contributed by atoms with Gasteiger partial charge < -0.3 is 14.8 Å². The summed E-state index contributed by atoms with van der Waals surface area (Å²) in [6.07, 6.45) is 2.69. The maximum absolute atomic E-state index is 12.0. The van der Waals surface area contributed by atoms with E-state index in [1.807, 2.05) is 30.5 Å². The molecule has 0 aliphatic carbocycles. The summed E-state index contributed by atoms with van der Waals surface area (Å²) in [4.78, 5) is 23.8. The van der Waals surface area contributed by atoms with Gasteiger partial charge in [-0.05, 0) is 42.7 Å². The maximum Gasteiger partial charge on any atom is 0.262 e. The molecular formula is C17H17NO4S. The van der Waals surface area contributed by atoms with E-state index in [2.05, 4.69) is 5.32 Å². The molecule has 2 rings (SSSR count). The number of carbonyl (C=O) groups is 2. The van der Waals surface area contributed by atoms with Crippen LogP contribution in [0.15, 0.2) is 47.4 Å². The van der Waals surface area contributed by atoms with Gasteiger partial charge in [0.15, 0.2) is 18.1 Å². The minimum atomic E-state index is -0.273. The summed E-state index contributed by atoms with van der Waals surface area (Å²) in [6, 6.07) is 12.3. The molecule has 0 unspecified atom stereocenters. The number of ether oxygens (including phenoxy) is 2. The first-order valence-electron chi connectivity index (χ1n) is 6.86. The Labute approximate surface area is 139 Å². The van der Waals surface area contributed by atoms with Gasteiger partial charge in [-0.25, -0.2) is 0 Å². The molecule has 2 aromatic carbocycles. The van der Waals surface area contributed by atoms with Crippen molar-refractivity contribution in [1.82, 2.24) is 0 Å². The summed E-state index contributed by atoms with van der Waals surface area (Å²) in [5.74, 6) is 0.544. The predicted octanol–water partition coefficient (Wildman–Crippen LogP) is 3.25. The molecule has 0 saturated carbocycles. The highest BCUT2D eigenvalue weighted by Crippen LogP contribution is 2.27. The Morgan fingerprint density at radius 3 is 2.74 bits per heavy atom. The predicted molar refractivity (Wildman–Crippen MR) is 90.7 cm³/mol. The largest absolute Gasteiger partial charge is 0.493 e. The van der Waals surface area contributed by atoms with Crippen LogP contribution in [0.25, 0.3) is 0 Å². The minimum Gasteiger partial charge on any atom is -0.493 e. The van der Waals surface area contributed by atoms with Gasteiger partial charge in [-0.1, -0.05) is 6.07 Å². The molecule has 2 aromatic rings. The van der Waals surface area contributed by atoms with Gasteiger partial charge in [0.05, 0.1) is 7.11 Å². The fourth-order valence-electron chi connectivity index (χ4n) is 1.92. The van der Waals surface area contributed by atoms with Crippen LogP contribution in [0.2, 0.25) is 0 Å². The Morgan fingerprint density at radius 1 is 1.22 bits per heavy atom. The van der Waals surface area contributed by atoms with E-state index in [9.17, 15) is 9.59 Å². The Kier molecular flexibility index (Phi) is 6.05. The lowest BCUT2D eigenvalue weighted by molar-refractivity contribution is -0.118. The number of benzene rings is 2. The number of amides is 1. The zero-order valence-corrected chi connectivity index (χ0v) is 13.7. The Morgan fingerprint density at radius 2 is 2.04 bits per heavy atom. The second-order valence-electron chi connectivity index (χ2n) is 4.60. The highest BCUT2D eigenvalue weighted by molar-refractivity contribution is 7.98. The second kappa shape index (κ2) is 8.24. The molecule has 0 atom stereocenters. The molecule has 1 amide bonds. The van der Waals surface area contributed by atoms with E-state index in [4.69, 9.17) is 9.47 Å². The average Bonchev–Trinajstić information content (AvgIpc) is 2.59. The van der Waals surface area contributed by atoms with E-state index >= 15 is 0 Å². The third-order valence-corrected chi connectivity index (χ3v) is 3.76. The lowest BCUT2D eigenvalue weighted by Crippen LogP contribution is -2.20. The highest BCUT2D eigenvalue weighted by atomic mass is 32.2. The number of hydrogen-bond acceptors (Lipinski definition) is 5. The van der Waals surface area contributed by atoms with Crippen LogP contribution >= 0.6 is 11.8 Å². The van der Waals surface area contributed by atoms with E-state index < -0.39 is 0 Å². The summed E-state index contributed by atoms with van der Waals surface area (Å²) in [6.45, 7) is -0.152. The van der Waals surface area contributed by atoms with Crippen LogP contribution < -0.4 is 14.8 Å². The first kappa shape index (κ1) is 16.9. The summed E-state index contributed by atoms with van der Waals surface area (Å²) in [5, 5.41) is 2.77. The van der Waals surface area contributed by atoms with E-state index in [1.54, 1.807) is 30.0 Å². The number of anilines is 1. The summed E-state index contributed by atoms with van der Waals surface area (Å²) < 4.78 is 10.6. The molecule has 0 aliphatic heterocycles. The SMILES string of the molecule is COc1cc(C=O)ccc1OCC(=O)Nc1cccc(SC)c1. The molecule has 0 aromatic heterocycles. The van der Waals surface area contributed by atoms with Crippen molar-refractivity contribution in [3.8, 4) is 11.5 Å². The highest BCUT2D eigenvalue weighted by Gasteiger charge is 2.09. The number of rotatable bonds is 7. The first-order chi connectivity index (χ1) is 11.2. The summed E-state index contributed by atoms with van der Waals surface area (Å²) in [7, 11) is 1.48. The molecule has 23 heavy (non-hydrogen) atoms. The number of carbonyl (C=O) groups excluding carboxylic acids is 2. The van der Waals surface area contributed by atoms with Crippen LogP contribution in [0.3, 0.4) is 0 Å². The molecule has 1 N–H and O–H groups in total. The molecule has 0 bridgehead atoms. The van der Waals surface area contributed by atoms with Gasteiger partial charge in [-0.2, -0.15) is 0 Å². The average molecular weight is 331 g/mol. The van der Waals surface area contributed by atoms with Gasteiger partial charge in [0.1, 0.15) is 6.29 Å². The molecule has 0 radical (unpaired) electrons. The molecule has 6 heteroatoms. The molecular weight excluding hydrogens is 314 g/mol. The topological polar surface area (TPSA) is 64.6 Å². The van der Waals surface area contributed by atoms with E-state index in [-0.39, 0.29) is 12.5 Å². The van der Waals surface area contributed by atoms with Crippen molar-refractivity contribution in [2.45, 2.75) is 4.90 Å². The third kappa shape index (κ3) is 4.75. The first-order valence-corrected chi connectivity index (χ1v) is 8.08. The monoisotopic (exact) mass is 331 g/mol. The molecule has 120 valence electrons. The molecule has 0 heterocycles. The molecule has 0 aliphatic rings. The van der Waals surface area contributed by atoms with Crippen molar-refractivity contribution < 1.29 is 19.1 Å². The van der Waals surface area contributed by atoms with Crippen LogP contribution in [-0.4, -0.2) is 32.2 Å². The van der Waals surface area contributed by atoms with Crippen LogP contribution in [0.5, 0.6) is 11.5 Å². The quantitative estimate of drug-likeness (QED) is 0.623. The van der Waals surface area contributed by atoms with Gasteiger partial charge in [-0.15, -0.1) is 11.8 Å². The smallest absolute Gasteiger partial charge is 0.262 e. The third-order valence-electron chi connectivity index (χ3n) is 3.04. The van der Waals surface area contributed by atoms with Crippen molar-refractivity contribution in [3.05, 3.63) is 48.0 Å². The Hall–Kier alpha value is -2.47. The normalized spacial score (nSPS) is 10.0. The lowest BCUT2D eigenvalue weighted by Gasteiger charge is -2.11. The maximum atomic E-state index is 12.0. The molecule has 5 nitrogen and oxygen atoms in total. The Bertz CT molecular complexity index is 703. The van der Waals surface area contributed by atoms with Crippen molar-refractivity contribution in [2.75, 3.05) is 25.3 Å². The van der Waals surface area contributed by atoms with Crippen molar-refractivity contribution in [3.63, 3.8) is 0 Å². The van der Waals surface area contributed by atoms with E-state index in [0.717, 1.165) is 11.2 Å². The zero-order chi connectivity index (χ0) is 16.7. The van der Waals surface area contributed by atoms with Gasteiger partial charge >= 0.3 is 0 Å². The van der Waals surface area contributed by atoms with Gasteiger partial charge in [-0.3, -0.25) is 9.59 Å². The van der Waals surface area contributed by atoms with Crippen molar-refractivity contribution in [1.29, 1.82) is 0 Å².